The topological polar surface area (TPSA) is 88.1 Å². The third kappa shape index (κ3) is 4.89. The van der Waals surface area contributed by atoms with Crippen LogP contribution in [0.25, 0.3) is 11.3 Å². The number of hydrogen-bond donors (Lipinski definition) is 3. The highest BCUT2D eigenvalue weighted by Gasteiger charge is 2.34. The number of nitrogens with one attached hydrogen (secondary N) is 3. The predicted octanol–water partition coefficient (Wildman–Crippen LogP) is 3.87. The summed E-state index contributed by atoms with van der Waals surface area (Å²) < 4.78 is 29.6. The van der Waals surface area contributed by atoms with Gasteiger partial charge in [-0.3, -0.25) is 14.3 Å². The van der Waals surface area contributed by atoms with Gasteiger partial charge in [0.15, 0.2) is 11.6 Å². The standard InChI is InChI=1S/C25H26ClF2N5O2S/c1-29-23(34)9-14-8-15(13-4-5-18(27)19(28)7-13)20(12-30-14)32-25(35)22-10-16-21(36-22)3-2-6-33-24(16)17(26)11-31-33/h4-5,7,10-11,14-15,20,30H,2-3,6,8-9,12H2,1H3,(H,29,34)(H,32,35)/t14?,15-,20+/m0/s1. The van der Waals surface area contributed by atoms with Crippen LogP contribution in [0.5, 0.6) is 0 Å². The zero-order chi connectivity index (χ0) is 25.4. The van der Waals surface area contributed by atoms with E-state index in [1.165, 1.54) is 17.4 Å². The Kier molecular flexibility index (Phi) is 7.09. The van der Waals surface area contributed by atoms with E-state index in [2.05, 4.69) is 21.0 Å². The van der Waals surface area contributed by atoms with Gasteiger partial charge in [-0.25, -0.2) is 8.78 Å². The lowest BCUT2D eigenvalue weighted by atomic mass is 9.81. The Morgan fingerprint density at radius 3 is 2.89 bits per heavy atom. The van der Waals surface area contributed by atoms with Crippen molar-refractivity contribution >= 4 is 34.8 Å². The molecule has 2 amide bonds. The molecule has 3 atom stereocenters. The molecule has 2 aliphatic rings. The molecule has 36 heavy (non-hydrogen) atoms. The minimum Gasteiger partial charge on any atom is -0.359 e. The molecular weight excluding hydrogens is 508 g/mol. The summed E-state index contributed by atoms with van der Waals surface area (Å²) in [4.78, 5) is 27.0. The van der Waals surface area contributed by atoms with Crippen LogP contribution in [-0.4, -0.2) is 47.3 Å². The average molecular weight is 534 g/mol. The Bertz CT molecular complexity index is 1310. The number of amides is 2. The van der Waals surface area contributed by atoms with E-state index >= 15 is 0 Å². The molecule has 1 aromatic carbocycles. The van der Waals surface area contributed by atoms with Crippen molar-refractivity contribution in [2.75, 3.05) is 13.6 Å². The molecule has 0 bridgehead atoms. The van der Waals surface area contributed by atoms with Crippen LogP contribution in [0.4, 0.5) is 8.78 Å². The van der Waals surface area contributed by atoms with E-state index in [9.17, 15) is 18.4 Å². The normalized spacial score (nSPS) is 21.3. The van der Waals surface area contributed by atoms with E-state index < -0.39 is 11.6 Å². The second-order valence-corrected chi connectivity index (χ2v) is 10.7. The van der Waals surface area contributed by atoms with Gasteiger partial charge in [0.2, 0.25) is 5.91 Å². The number of fused-ring (bicyclic) bond motifs is 3. The Morgan fingerprint density at radius 2 is 2.11 bits per heavy atom. The zero-order valence-electron chi connectivity index (χ0n) is 19.6. The van der Waals surface area contributed by atoms with Crippen molar-refractivity contribution in [2.45, 2.75) is 50.2 Å². The maximum absolute atomic E-state index is 14.1. The Labute approximate surface area is 216 Å². The molecular formula is C25H26ClF2N5O2S. The van der Waals surface area contributed by atoms with E-state index in [4.69, 9.17) is 11.6 Å². The summed E-state index contributed by atoms with van der Waals surface area (Å²) in [6, 6.07) is 5.15. The number of hydrogen-bond acceptors (Lipinski definition) is 5. The predicted molar refractivity (Wildman–Crippen MR) is 134 cm³/mol. The third-order valence-electron chi connectivity index (χ3n) is 6.91. The number of carbonyl (C=O) groups is 2. The maximum Gasteiger partial charge on any atom is 0.261 e. The minimum absolute atomic E-state index is 0.114. The molecule has 0 radical (unpaired) electrons. The van der Waals surface area contributed by atoms with Crippen molar-refractivity contribution in [3.63, 3.8) is 0 Å². The Morgan fingerprint density at radius 1 is 1.28 bits per heavy atom. The molecule has 2 aromatic heterocycles. The summed E-state index contributed by atoms with van der Waals surface area (Å²) in [5, 5.41) is 13.9. The number of thiophene rings is 1. The third-order valence-corrected chi connectivity index (χ3v) is 8.38. The van der Waals surface area contributed by atoms with Gasteiger partial charge < -0.3 is 16.0 Å². The average Bonchev–Trinajstić information content (AvgIpc) is 3.40. The van der Waals surface area contributed by atoms with Gasteiger partial charge in [-0.05, 0) is 43.0 Å². The van der Waals surface area contributed by atoms with Gasteiger partial charge in [0.05, 0.1) is 21.8 Å². The van der Waals surface area contributed by atoms with Crippen molar-refractivity contribution in [3.05, 3.63) is 62.4 Å². The van der Waals surface area contributed by atoms with Crippen LogP contribution in [0.1, 0.15) is 45.3 Å². The van der Waals surface area contributed by atoms with Crippen molar-refractivity contribution in [3.8, 4) is 11.3 Å². The molecule has 5 rings (SSSR count). The summed E-state index contributed by atoms with van der Waals surface area (Å²) in [5.74, 6) is -2.51. The molecule has 1 saturated heterocycles. The highest BCUT2D eigenvalue weighted by Crippen LogP contribution is 2.39. The number of carbonyl (C=O) groups excluding carboxylic acids is 2. The van der Waals surface area contributed by atoms with Crippen LogP contribution in [0, 0.1) is 11.6 Å². The molecule has 3 N–H and O–H groups in total. The number of nitrogens with zero attached hydrogens (tertiary/aromatic N) is 2. The first kappa shape index (κ1) is 24.9. The van der Waals surface area contributed by atoms with Crippen LogP contribution in [0.3, 0.4) is 0 Å². The Balaban J connectivity index is 1.39. The first-order valence-corrected chi connectivity index (χ1v) is 13.1. The van der Waals surface area contributed by atoms with Crippen LogP contribution in [-0.2, 0) is 17.8 Å². The molecule has 4 heterocycles. The summed E-state index contributed by atoms with van der Waals surface area (Å²) in [7, 11) is 1.57. The van der Waals surface area contributed by atoms with E-state index in [1.807, 2.05) is 10.7 Å². The molecule has 3 aromatic rings. The van der Waals surface area contributed by atoms with Crippen LogP contribution in [0.15, 0.2) is 30.5 Å². The van der Waals surface area contributed by atoms with Crippen molar-refractivity contribution in [1.82, 2.24) is 25.7 Å². The largest absolute Gasteiger partial charge is 0.359 e. The van der Waals surface area contributed by atoms with Gasteiger partial charge in [0.25, 0.3) is 5.91 Å². The van der Waals surface area contributed by atoms with Gasteiger partial charge in [-0.15, -0.1) is 11.3 Å². The molecule has 0 saturated carbocycles. The number of rotatable bonds is 5. The lowest BCUT2D eigenvalue weighted by molar-refractivity contribution is -0.121. The van der Waals surface area contributed by atoms with E-state index in [0.29, 0.717) is 28.4 Å². The summed E-state index contributed by atoms with van der Waals surface area (Å²) >= 11 is 7.84. The van der Waals surface area contributed by atoms with Gasteiger partial charge in [0, 0.05) is 55.0 Å². The van der Waals surface area contributed by atoms with E-state index in [-0.39, 0.29) is 36.2 Å². The summed E-state index contributed by atoms with van der Waals surface area (Å²) in [6.45, 7) is 1.16. The maximum atomic E-state index is 14.1. The second kappa shape index (κ2) is 10.3. The first-order chi connectivity index (χ1) is 17.3. The van der Waals surface area contributed by atoms with E-state index in [1.54, 1.807) is 19.3 Å². The Hall–Kier alpha value is -2.82. The smallest absolute Gasteiger partial charge is 0.261 e. The molecule has 1 fully saturated rings. The SMILES string of the molecule is CNC(=O)CC1C[C@@H](c2ccc(F)c(F)c2)[C@H](NC(=O)c2cc3c(s2)CCCn2ncc(Cl)c2-3)CN1. The van der Waals surface area contributed by atoms with Crippen LogP contribution >= 0.6 is 22.9 Å². The monoisotopic (exact) mass is 533 g/mol. The van der Waals surface area contributed by atoms with Gasteiger partial charge in [0.1, 0.15) is 0 Å². The molecule has 190 valence electrons. The second-order valence-electron chi connectivity index (χ2n) is 9.19. The molecule has 0 aliphatic carbocycles. The van der Waals surface area contributed by atoms with Gasteiger partial charge in [-0.2, -0.15) is 5.10 Å². The van der Waals surface area contributed by atoms with Crippen molar-refractivity contribution < 1.29 is 18.4 Å². The summed E-state index contributed by atoms with van der Waals surface area (Å²) in [5.41, 5.74) is 2.34. The lowest BCUT2D eigenvalue weighted by Gasteiger charge is -2.37. The molecule has 1 unspecified atom stereocenters. The molecule has 2 aliphatic heterocycles. The quantitative estimate of drug-likeness (QED) is 0.464. The number of aryl methyl sites for hydroxylation is 2. The fourth-order valence-corrected chi connectivity index (χ4v) is 6.44. The number of halogens is 3. The van der Waals surface area contributed by atoms with E-state index in [0.717, 1.165) is 41.6 Å². The number of aromatic nitrogens is 2. The molecule has 11 heteroatoms. The summed E-state index contributed by atoms with van der Waals surface area (Å²) in [6.07, 6.45) is 4.09. The minimum atomic E-state index is -0.936. The van der Waals surface area contributed by atoms with Gasteiger partial charge in [-0.1, -0.05) is 17.7 Å². The van der Waals surface area contributed by atoms with Crippen molar-refractivity contribution in [2.24, 2.45) is 0 Å². The fraction of sp³-hybridized carbons (Fsp3) is 0.400. The molecule has 7 nitrogen and oxygen atoms in total. The zero-order valence-corrected chi connectivity index (χ0v) is 21.2. The number of benzene rings is 1. The lowest BCUT2D eigenvalue weighted by Crippen LogP contribution is -2.54. The highest BCUT2D eigenvalue weighted by molar-refractivity contribution is 7.14. The van der Waals surface area contributed by atoms with Gasteiger partial charge >= 0.3 is 0 Å². The first-order valence-electron chi connectivity index (χ1n) is 11.9. The van der Waals surface area contributed by atoms with Crippen LogP contribution in [0.2, 0.25) is 5.02 Å². The van der Waals surface area contributed by atoms with Crippen LogP contribution < -0.4 is 16.0 Å². The van der Waals surface area contributed by atoms with Crippen molar-refractivity contribution in [1.29, 1.82) is 0 Å². The highest BCUT2D eigenvalue weighted by atomic mass is 35.5. The number of piperidine rings is 1. The molecule has 0 spiro atoms. The fourth-order valence-electron chi connectivity index (χ4n) is 5.09.